The second-order valence-electron chi connectivity index (χ2n) is 10.2. The molecule has 1 saturated carbocycles. The maximum Gasteiger partial charge on any atom is 0.235 e. The van der Waals surface area contributed by atoms with Gasteiger partial charge in [-0.05, 0) is 42.5 Å². The summed E-state index contributed by atoms with van der Waals surface area (Å²) in [7, 11) is 1.65. The summed E-state index contributed by atoms with van der Waals surface area (Å²) in [4.78, 5) is 27.7. The van der Waals surface area contributed by atoms with Crippen LogP contribution in [-0.4, -0.2) is 54.1 Å². The number of aromatic nitrogens is 2. The van der Waals surface area contributed by atoms with Gasteiger partial charge in [-0.3, -0.25) is 4.79 Å². The Morgan fingerprint density at radius 2 is 1.53 bits per heavy atom. The molecule has 0 N–H and O–H groups in total. The fourth-order valence-corrected chi connectivity index (χ4v) is 6.34. The molecule has 1 saturated heterocycles. The summed E-state index contributed by atoms with van der Waals surface area (Å²) >= 11 is 0. The van der Waals surface area contributed by atoms with Crippen molar-refractivity contribution in [2.24, 2.45) is 5.41 Å². The van der Waals surface area contributed by atoms with Gasteiger partial charge in [-0.1, -0.05) is 20.8 Å². The van der Waals surface area contributed by atoms with Gasteiger partial charge in [0.05, 0.1) is 23.9 Å². The van der Waals surface area contributed by atoms with E-state index in [1.165, 1.54) is 0 Å². The predicted molar refractivity (Wildman–Crippen MR) is 125 cm³/mol. The third kappa shape index (κ3) is 2.66. The topological polar surface area (TPSA) is 106 Å². The summed E-state index contributed by atoms with van der Waals surface area (Å²) in [5.74, 6) is 0.887. The lowest BCUT2D eigenvalue weighted by atomic mass is 9.63. The molecule has 2 aliphatic carbocycles. The molecule has 2 fully saturated rings. The summed E-state index contributed by atoms with van der Waals surface area (Å²) in [5, 5.41) is 19.1. The van der Waals surface area contributed by atoms with E-state index in [1.807, 2.05) is 41.3 Å². The Balaban J connectivity index is 1.47. The molecule has 1 amide bonds. The minimum atomic E-state index is -0.841. The van der Waals surface area contributed by atoms with Crippen molar-refractivity contribution in [3.63, 3.8) is 0 Å². The van der Waals surface area contributed by atoms with Crippen molar-refractivity contribution < 1.29 is 9.53 Å². The molecule has 0 spiro atoms. The normalized spacial score (nSPS) is 26.5. The van der Waals surface area contributed by atoms with Crippen molar-refractivity contribution in [1.82, 2.24) is 14.9 Å². The number of hydrogen-bond acceptors (Lipinski definition) is 7. The van der Waals surface area contributed by atoms with E-state index in [-0.39, 0.29) is 22.7 Å². The van der Waals surface area contributed by atoms with Crippen molar-refractivity contribution in [3.05, 3.63) is 47.0 Å². The number of fused-ring (bicyclic) bond motifs is 5. The van der Waals surface area contributed by atoms with Crippen LogP contribution in [0.5, 0.6) is 5.75 Å². The Labute approximate surface area is 199 Å². The Hall–Kier alpha value is -3.65. The predicted octanol–water partition coefficient (Wildman–Crippen LogP) is 2.91. The highest BCUT2D eigenvalue weighted by Gasteiger charge is 2.73. The Morgan fingerprint density at radius 3 is 2.09 bits per heavy atom. The van der Waals surface area contributed by atoms with Crippen LogP contribution in [0.3, 0.4) is 0 Å². The van der Waals surface area contributed by atoms with E-state index in [0.717, 1.165) is 30.9 Å². The monoisotopic (exact) mass is 456 g/mol. The van der Waals surface area contributed by atoms with Crippen LogP contribution >= 0.6 is 0 Å². The number of rotatable bonds is 3. The molecule has 1 aliphatic heterocycles. The van der Waals surface area contributed by atoms with Gasteiger partial charge in [-0.2, -0.15) is 10.5 Å². The van der Waals surface area contributed by atoms with Gasteiger partial charge in [0.25, 0.3) is 0 Å². The van der Waals surface area contributed by atoms with Gasteiger partial charge >= 0.3 is 0 Å². The van der Waals surface area contributed by atoms with E-state index in [2.05, 4.69) is 35.6 Å². The summed E-state index contributed by atoms with van der Waals surface area (Å²) in [6.07, 6.45) is 1.47. The highest BCUT2D eigenvalue weighted by atomic mass is 16.5. The van der Waals surface area contributed by atoms with Crippen LogP contribution in [-0.2, 0) is 15.6 Å². The number of nitriles is 2. The molecule has 5 rings (SSSR count). The first-order valence-electron chi connectivity index (χ1n) is 11.6. The summed E-state index contributed by atoms with van der Waals surface area (Å²) in [6.45, 7) is 9.06. The fraction of sp³-hybridized carbons (Fsp3) is 0.500. The van der Waals surface area contributed by atoms with Crippen LogP contribution in [0.2, 0.25) is 0 Å². The van der Waals surface area contributed by atoms with Gasteiger partial charge < -0.3 is 14.5 Å². The standard InChI is InChI=1S/C26H28N6O2/c1-24(2)25(3)9-10-26(24,22-21(25)29-19(15-27)20(16-28)30-22)23(33)32-13-11-31(12-14-32)17-5-7-18(34-4)8-6-17/h5-8H,9-14H2,1-4H3. The summed E-state index contributed by atoms with van der Waals surface area (Å²) in [5.41, 5.74) is 0.814. The van der Waals surface area contributed by atoms with Crippen molar-refractivity contribution >= 4 is 11.6 Å². The second kappa shape index (κ2) is 7.43. The first kappa shape index (κ1) is 22.2. The van der Waals surface area contributed by atoms with Crippen LogP contribution in [0.15, 0.2) is 24.3 Å². The SMILES string of the molecule is COc1ccc(N2CCN(C(=O)C34CCC(C)(c5nc(C#N)c(C#N)nc53)C4(C)C)CC2)cc1. The van der Waals surface area contributed by atoms with Crippen molar-refractivity contribution in [1.29, 1.82) is 10.5 Å². The van der Waals surface area contributed by atoms with Crippen molar-refractivity contribution in [2.45, 2.75) is 44.4 Å². The molecule has 2 bridgehead atoms. The van der Waals surface area contributed by atoms with Gasteiger partial charge in [0.2, 0.25) is 5.91 Å². The van der Waals surface area contributed by atoms with E-state index in [4.69, 9.17) is 4.74 Å². The maximum absolute atomic E-state index is 14.3. The van der Waals surface area contributed by atoms with Gasteiger partial charge in [-0.15, -0.1) is 0 Å². The largest absolute Gasteiger partial charge is 0.497 e. The Morgan fingerprint density at radius 1 is 0.941 bits per heavy atom. The zero-order valence-electron chi connectivity index (χ0n) is 20.1. The number of methoxy groups -OCH3 is 1. The van der Waals surface area contributed by atoms with Crippen molar-refractivity contribution in [3.8, 4) is 17.9 Å². The number of amides is 1. The highest BCUT2D eigenvalue weighted by Crippen LogP contribution is 2.70. The zero-order chi connectivity index (χ0) is 24.3. The lowest BCUT2D eigenvalue weighted by molar-refractivity contribution is -0.141. The van der Waals surface area contributed by atoms with Crippen LogP contribution in [0.25, 0.3) is 0 Å². The van der Waals surface area contributed by atoms with E-state index in [0.29, 0.717) is 30.9 Å². The highest BCUT2D eigenvalue weighted by molar-refractivity contribution is 5.92. The molecule has 2 heterocycles. The third-order valence-corrected chi connectivity index (χ3v) is 8.85. The molecule has 174 valence electrons. The number of nitrogens with zero attached hydrogens (tertiary/aromatic N) is 6. The lowest BCUT2D eigenvalue weighted by Gasteiger charge is -2.44. The van der Waals surface area contributed by atoms with Crippen LogP contribution in [0.1, 0.15) is 56.4 Å². The smallest absolute Gasteiger partial charge is 0.235 e. The third-order valence-electron chi connectivity index (χ3n) is 8.85. The molecule has 8 heteroatoms. The van der Waals surface area contributed by atoms with E-state index in [9.17, 15) is 15.3 Å². The fourth-order valence-electron chi connectivity index (χ4n) is 6.34. The molecule has 2 atom stereocenters. The minimum Gasteiger partial charge on any atom is -0.497 e. The molecule has 2 aromatic rings. The zero-order valence-corrected chi connectivity index (χ0v) is 20.1. The number of piperazine rings is 1. The minimum absolute atomic E-state index is 0.00435. The molecule has 8 nitrogen and oxygen atoms in total. The van der Waals surface area contributed by atoms with Crippen LogP contribution in [0, 0.1) is 28.1 Å². The average Bonchev–Trinajstić information content (AvgIpc) is 3.17. The Kier molecular flexibility index (Phi) is 4.84. The van der Waals surface area contributed by atoms with Gasteiger partial charge in [-0.25, -0.2) is 9.97 Å². The first-order valence-corrected chi connectivity index (χ1v) is 11.6. The molecule has 1 aromatic carbocycles. The van der Waals surface area contributed by atoms with Gasteiger partial charge in [0.15, 0.2) is 11.4 Å². The van der Waals surface area contributed by atoms with Crippen LogP contribution < -0.4 is 9.64 Å². The van der Waals surface area contributed by atoms with E-state index >= 15 is 0 Å². The van der Waals surface area contributed by atoms with E-state index < -0.39 is 10.8 Å². The number of hydrogen-bond donors (Lipinski definition) is 0. The second-order valence-corrected chi connectivity index (χ2v) is 10.2. The van der Waals surface area contributed by atoms with Gasteiger partial charge in [0, 0.05) is 37.3 Å². The Bertz CT molecular complexity index is 1250. The average molecular weight is 457 g/mol. The van der Waals surface area contributed by atoms with Gasteiger partial charge in [0.1, 0.15) is 17.9 Å². The van der Waals surface area contributed by atoms with E-state index in [1.54, 1.807) is 7.11 Å². The summed E-state index contributed by atoms with van der Waals surface area (Å²) in [6, 6.07) is 12.0. The molecule has 1 aromatic heterocycles. The molecular weight excluding hydrogens is 428 g/mol. The molecule has 0 radical (unpaired) electrons. The lowest BCUT2D eigenvalue weighted by Crippen LogP contribution is -2.57. The summed E-state index contributed by atoms with van der Waals surface area (Å²) < 4.78 is 5.26. The molecule has 3 aliphatic rings. The number of carbonyl (C=O) groups excluding carboxylic acids is 1. The molecular formula is C26H28N6O2. The number of benzene rings is 1. The number of carbonyl (C=O) groups is 1. The van der Waals surface area contributed by atoms with Crippen molar-refractivity contribution in [2.75, 3.05) is 38.2 Å². The number of anilines is 1. The number of ether oxygens (including phenoxy) is 1. The maximum atomic E-state index is 14.3. The first-order chi connectivity index (χ1) is 16.2. The molecule has 34 heavy (non-hydrogen) atoms. The molecule has 2 unspecified atom stereocenters. The quantitative estimate of drug-likeness (QED) is 0.699. The van der Waals surface area contributed by atoms with Crippen LogP contribution in [0.4, 0.5) is 5.69 Å².